The number of pyridine rings is 1. The van der Waals surface area contributed by atoms with Crippen LogP contribution in [0.4, 0.5) is 5.69 Å². The van der Waals surface area contributed by atoms with Crippen LogP contribution in [0.5, 0.6) is 0 Å². The van der Waals surface area contributed by atoms with Crippen LogP contribution in [0, 0.1) is 13.8 Å². The molecule has 0 aliphatic heterocycles. The average Bonchev–Trinajstić information content (AvgIpc) is 2.42. The molecule has 1 aromatic carbocycles. The first-order chi connectivity index (χ1) is 9.95. The molecule has 0 aliphatic rings. The van der Waals surface area contributed by atoms with Crippen molar-refractivity contribution in [2.75, 3.05) is 5.32 Å². The molecule has 1 aromatic heterocycles. The maximum atomic E-state index is 12.1. The van der Waals surface area contributed by atoms with E-state index in [4.69, 9.17) is 5.73 Å². The number of carbonyl (C=O) groups is 2. The Morgan fingerprint density at radius 1 is 1.24 bits per heavy atom. The van der Waals surface area contributed by atoms with Crippen LogP contribution in [-0.4, -0.2) is 11.8 Å². The topological polar surface area (TPSA) is 76.1 Å². The number of amides is 2. The van der Waals surface area contributed by atoms with E-state index in [-0.39, 0.29) is 12.5 Å². The lowest BCUT2D eigenvalue weighted by Gasteiger charge is -2.07. The molecule has 108 valence electrons. The van der Waals surface area contributed by atoms with Gasteiger partial charge in [0.2, 0.25) is 6.54 Å². The van der Waals surface area contributed by atoms with Crippen LogP contribution in [-0.2, 0) is 11.3 Å². The van der Waals surface area contributed by atoms with Gasteiger partial charge >= 0.3 is 0 Å². The van der Waals surface area contributed by atoms with E-state index in [9.17, 15) is 9.59 Å². The molecule has 3 N–H and O–H groups in total. The predicted octanol–water partition coefficient (Wildman–Crippen LogP) is 1.33. The zero-order valence-corrected chi connectivity index (χ0v) is 12.1. The number of nitrogens with two attached hydrogens (primary N) is 1. The number of benzene rings is 1. The number of anilines is 1. The minimum absolute atomic E-state index is 0.119. The van der Waals surface area contributed by atoms with Crippen LogP contribution in [0.2, 0.25) is 0 Å². The molecule has 2 amide bonds. The van der Waals surface area contributed by atoms with E-state index in [1.54, 1.807) is 29.1 Å². The predicted molar refractivity (Wildman–Crippen MR) is 79.7 cm³/mol. The SMILES string of the molecule is Cc1ccc(NC(=O)C[n+]2cccc(C(N)=O)c2)c(C)c1. The highest BCUT2D eigenvalue weighted by Crippen LogP contribution is 2.15. The smallest absolute Gasteiger partial charge is 0.290 e. The van der Waals surface area contributed by atoms with E-state index in [1.165, 1.54) is 0 Å². The molecular weight excluding hydrogens is 266 g/mol. The highest BCUT2D eigenvalue weighted by atomic mass is 16.2. The number of nitrogens with one attached hydrogen (secondary N) is 1. The van der Waals surface area contributed by atoms with Crippen LogP contribution in [0.1, 0.15) is 21.5 Å². The summed E-state index contributed by atoms with van der Waals surface area (Å²) in [5.41, 5.74) is 8.54. The third kappa shape index (κ3) is 3.89. The van der Waals surface area contributed by atoms with Crippen molar-refractivity contribution >= 4 is 17.5 Å². The van der Waals surface area contributed by atoms with Gasteiger partial charge in [0.25, 0.3) is 11.8 Å². The summed E-state index contributed by atoms with van der Waals surface area (Å²) in [5.74, 6) is -0.673. The molecule has 2 aromatic rings. The summed E-state index contributed by atoms with van der Waals surface area (Å²) in [7, 11) is 0. The van der Waals surface area contributed by atoms with Crippen LogP contribution in [0.3, 0.4) is 0 Å². The Hall–Kier alpha value is -2.69. The molecular formula is C16H18N3O2+. The van der Waals surface area contributed by atoms with E-state index in [1.807, 2.05) is 32.0 Å². The fourth-order valence-electron chi connectivity index (χ4n) is 2.08. The molecule has 0 bridgehead atoms. The first-order valence-electron chi connectivity index (χ1n) is 6.62. The maximum Gasteiger partial charge on any atom is 0.290 e. The average molecular weight is 284 g/mol. The molecule has 0 radical (unpaired) electrons. The van der Waals surface area contributed by atoms with Crippen molar-refractivity contribution in [2.45, 2.75) is 20.4 Å². The van der Waals surface area contributed by atoms with E-state index in [0.717, 1.165) is 16.8 Å². The standard InChI is InChI=1S/C16H17N3O2/c1-11-5-6-14(12(2)8-11)18-15(20)10-19-7-3-4-13(9-19)16(17)21/h3-9H,10H2,1-2H3,(H2-,17,18,20,21)/p+1. The van der Waals surface area contributed by atoms with Crippen molar-refractivity contribution in [3.8, 4) is 0 Å². The third-order valence-corrected chi connectivity index (χ3v) is 3.12. The van der Waals surface area contributed by atoms with Crippen molar-refractivity contribution in [1.29, 1.82) is 0 Å². The van der Waals surface area contributed by atoms with Crippen LogP contribution < -0.4 is 15.6 Å². The summed E-state index contributed by atoms with van der Waals surface area (Å²) >= 11 is 0. The quantitative estimate of drug-likeness (QED) is 0.831. The van der Waals surface area contributed by atoms with Crippen molar-refractivity contribution in [3.63, 3.8) is 0 Å². The fraction of sp³-hybridized carbons (Fsp3) is 0.188. The monoisotopic (exact) mass is 284 g/mol. The number of primary amides is 1. The Morgan fingerprint density at radius 2 is 2.00 bits per heavy atom. The molecule has 5 nitrogen and oxygen atoms in total. The number of hydrogen-bond donors (Lipinski definition) is 2. The fourth-order valence-corrected chi connectivity index (χ4v) is 2.08. The minimum Gasteiger partial charge on any atom is -0.365 e. The van der Waals surface area contributed by atoms with E-state index in [0.29, 0.717) is 5.56 Å². The van der Waals surface area contributed by atoms with Crippen molar-refractivity contribution in [1.82, 2.24) is 0 Å². The zero-order chi connectivity index (χ0) is 15.4. The van der Waals surface area contributed by atoms with Gasteiger partial charge in [-0.05, 0) is 31.5 Å². The Balaban J connectivity index is 2.08. The van der Waals surface area contributed by atoms with Gasteiger partial charge in [0.1, 0.15) is 5.56 Å². The summed E-state index contributed by atoms with van der Waals surface area (Å²) in [6.07, 6.45) is 3.28. The van der Waals surface area contributed by atoms with Gasteiger partial charge in [-0.3, -0.25) is 9.59 Å². The molecule has 0 fully saturated rings. The van der Waals surface area contributed by atoms with E-state index < -0.39 is 5.91 Å². The molecule has 0 atom stereocenters. The first-order valence-corrected chi connectivity index (χ1v) is 6.62. The highest BCUT2D eigenvalue weighted by molar-refractivity contribution is 5.92. The molecule has 0 unspecified atom stereocenters. The van der Waals surface area contributed by atoms with Crippen LogP contribution in [0.25, 0.3) is 0 Å². The van der Waals surface area contributed by atoms with Crippen molar-refractivity contribution in [3.05, 3.63) is 59.4 Å². The summed E-state index contributed by atoms with van der Waals surface area (Å²) in [6, 6.07) is 9.14. The number of aromatic nitrogens is 1. The first kappa shape index (κ1) is 14.7. The number of aryl methyl sites for hydroxylation is 2. The Kier molecular flexibility index (Phi) is 4.33. The minimum atomic E-state index is -0.515. The number of nitrogens with zero attached hydrogens (tertiary/aromatic N) is 1. The largest absolute Gasteiger partial charge is 0.365 e. The summed E-state index contributed by atoms with van der Waals surface area (Å²) in [5, 5.41) is 2.86. The highest BCUT2D eigenvalue weighted by Gasteiger charge is 2.13. The maximum absolute atomic E-state index is 12.1. The van der Waals surface area contributed by atoms with Crippen molar-refractivity contribution in [2.24, 2.45) is 5.73 Å². The van der Waals surface area contributed by atoms with Gasteiger partial charge in [-0.15, -0.1) is 0 Å². The van der Waals surface area contributed by atoms with E-state index in [2.05, 4.69) is 5.32 Å². The number of hydrogen-bond acceptors (Lipinski definition) is 2. The molecule has 5 heteroatoms. The van der Waals surface area contributed by atoms with Gasteiger partial charge in [-0.1, -0.05) is 17.7 Å². The second-order valence-corrected chi connectivity index (χ2v) is 5.00. The lowest BCUT2D eigenvalue weighted by Crippen LogP contribution is -2.40. The zero-order valence-electron chi connectivity index (χ0n) is 12.1. The third-order valence-electron chi connectivity index (χ3n) is 3.12. The molecule has 21 heavy (non-hydrogen) atoms. The Labute approximate surface area is 123 Å². The van der Waals surface area contributed by atoms with Crippen LogP contribution >= 0.6 is 0 Å². The second-order valence-electron chi connectivity index (χ2n) is 5.00. The molecule has 0 aliphatic carbocycles. The van der Waals surface area contributed by atoms with Gasteiger partial charge in [-0.25, -0.2) is 0 Å². The number of carbonyl (C=O) groups excluding carboxylic acids is 2. The van der Waals surface area contributed by atoms with Gasteiger partial charge in [0.05, 0.1) is 0 Å². The van der Waals surface area contributed by atoms with Gasteiger partial charge in [0.15, 0.2) is 12.4 Å². The van der Waals surface area contributed by atoms with Gasteiger partial charge in [-0.2, -0.15) is 4.57 Å². The Bertz CT molecular complexity index is 696. The van der Waals surface area contributed by atoms with Gasteiger partial charge < -0.3 is 11.1 Å². The molecule has 2 rings (SSSR count). The molecule has 0 saturated carbocycles. The summed E-state index contributed by atoms with van der Waals surface area (Å²) < 4.78 is 1.62. The van der Waals surface area contributed by atoms with Gasteiger partial charge in [0, 0.05) is 11.8 Å². The second kappa shape index (κ2) is 6.17. The lowest BCUT2D eigenvalue weighted by atomic mass is 10.1. The normalized spacial score (nSPS) is 10.2. The molecule has 0 saturated heterocycles. The summed E-state index contributed by atoms with van der Waals surface area (Å²) in [6.45, 7) is 4.07. The van der Waals surface area contributed by atoms with Crippen molar-refractivity contribution < 1.29 is 14.2 Å². The Morgan fingerprint density at radius 3 is 2.67 bits per heavy atom. The molecule has 1 heterocycles. The van der Waals surface area contributed by atoms with E-state index >= 15 is 0 Å². The van der Waals surface area contributed by atoms with Crippen LogP contribution in [0.15, 0.2) is 42.7 Å². The lowest BCUT2D eigenvalue weighted by molar-refractivity contribution is -0.684. The number of rotatable bonds is 4. The summed E-state index contributed by atoms with van der Waals surface area (Å²) in [4.78, 5) is 23.2. The molecule has 0 spiro atoms.